The van der Waals surface area contributed by atoms with Gasteiger partial charge in [-0.2, -0.15) is 0 Å². The Morgan fingerprint density at radius 3 is 2.73 bits per heavy atom. The third-order valence-corrected chi connectivity index (χ3v) is 5.67. The van der Waals surface area contributed by atoms with Gasteiger partial charge in [0.1, 0.15) is 11.6 Å². The van der Waals surface area contributed by atoms with Gasteiger partial charge in [0.25, 0.3) is 5.91 Å². The molecule has 2 aromatic rings. The van der Waals surface area contributed by atoms with Gasteiger partial charge >= 0.3 is 6.03 Å². The number of anilines is 1. The number of nitrogens with zero attached hydrogens (tertiary/aromatic N) is 4. The largest absolute Gasteiger partial charge is 0.348 e. The molecule has 1 aromatic heterocycles. The summed E-state index contributed by atoms with van der Waals surface area (Å²) in [5.41, 5.74) is 0.0509. The van der Waals surface area contributed by atoms with Gasteiger partial charge in [-0.15, -0.1) is 5.10 Å². The van der Waals surface area contributed by atoms with Crippen LogP contribution in [0.2, 0.25) is 0 Å². The number of amides is 3. The molecule has 3 amide bonds. The zero-order valence-corrected chi connectivity index (χ0v) is 16.5. The maximum Gasteiger partial charge on any atom is 0.322 e. The number of halogens is 2. The lowest BCUT2D eigenvalue weighted by atomic mass is 10.2. The molecular weight excluding hydrogens is 394 g/mol. The molecule has 1 saturated heterocycles. The van der Waals surface area contributed by atoms with E-state index < -0.39 is 17.7 Å². The summed E-state index contributed by atoms with van der Waals surface area (Å²) < 4.78 is 28.7. The Morgan fingerprint density at radius 1 is 1.13 bits per heavy atom. The second kappa shape index (κ2) is 8.76. The number of benzene rings is 1. The highest BCUT2D eigenvalue weighted by Gasteiger charge is 2.30. The fraction of sp³-hybridized carbons (Fsp3) is 0.500. The molecule has 1 aromatic carbocycles. The first kappa shape index (κ1) is 20.2. The van der Waals surface area contributed by atoms with Gasteiger partial charge in [0, 0.05) is 18.7 Å². The van der Waals surface area contributed by atoms with Crippen molar-refractivity contribution in [2.75, 3.05) is 11.9 Å². The number of hydrogen-bond acceptors (Lipinski definition) is 4. The van der Waals surface area contributed by atoms with E-state index >= 15 is 0 Å². The molecule has 0 spiro atoms. The van der Waals surface area contributed by atoms with Gasteiger partial charge in [-0.05, 0) is 37.8 Å². The zero-order valence-electron chi connectivity index (χ0n) is 16.5. The number of carbonyl (C=O) groups is 2. The van der Waals surface area contributed by atoms with E-state index in [1.165, 1.54) is 0 Å². The average molecular weight is 418 g/mol. The third-order valence-electron chi connectivity index (χ3n) is 5.67. The van der Waals surface area contributed by atoms with E-state index in [2.05, 4.69) is 20.9 Å². The molecular formula is C20H24F2N6O2. The molecule has 0 bridgehead atoms. The standard InChI is InChI=1S/C20H24F2N6O2/c21-13-7-8-16(22)17(10-13)24-20(30)28-9-3-6-15(28)11-27-12-18(25-26-27)19(29)23-14-4-1-2-5-14/h7-8,10,12,14-15H,1-6,9,11H2,(H,23,29)(H,24,30)/t15-/m0/s1. The van der Waals surface area contributed by atoms with Crippen molar-refractivity contribution < 1.29 is 18.4 Å². The Balaban J connectivity index is 1.37. The van der Waals surface area contributed by atoms with Crippen LogP contribution in [0.4, 0.5) is 19.3 Å². The Morgan fingerprint density at radius 2 is 1.93 bits per heavy atom. The van der Waals surface area contributed by atoms with Crippen molar-refractivity contribution in [3.8, 4) is 0 Å². The highest BCUT2D eigenvalue weighted by molar-refractivity contribution is 5.92. The van der Waals surface area contributed by atoms with E-state index in [1.54, 1.807) is 15.8 Å². The Labute approximate surface area is 172 Å². The van der Waals surface area contributed by atoms with Crippen LogP contribution in [-0.4, -0.2) is 50.5 Å². The van der Waals surface area contributed by atoms with Gasteiger partial charge in [-0.25, -0.2) is 18.3 Å². The Kier molecular flexibility index (Phi) is 5.91. The maximum absolute atomic E-state index is 13.8. The number of urea groups is 1. The van der Waals surface area contributed by atoms with Crippen molar-refractivity contribution in [2.24, 2.45) is 0 Å². The van der Waals surface area contributed by atoms with Crippen molar-refractivity contribution in [1.29, 1.82) is 0 Å². The summed E-state index contributed by atoms with van der Waals surface area (Å²) in [5.74, 6) is -1.57. The SMILES string of the molecule is O=C(NC1CCCC1)c1cn(C[C@@H]2CCCN2C(=O)Nc2cc(F)ccc2F)nn1. The molecule has 160 valence electrons. The van der Waals surface area contributed by atoms with Crippen LogP contribution in [-0.2, 0) is 6.54 Å². The van der Waals surface area contributed by atoms with Crippen molar-refractivity contribution in [1.82, 2.24) is 25.2 Å². The summed E-state index contributed by atoms with van der Waals surface area (Å²) >= 11 is 0. The van der Waals surface area contributed by atoms with E-state index in [0.717, 1.165) is 56.7 Å². The predicted molar refractivity (Wildman–Crippen MR) is 105 cm³/mol. The molecule has 2 N–H and O–H groups in total. The Hall–Kier alpha value is -3.04. The van der Waals surface area contributed by atoms with Crippen LogP contribution in [0.15, 0.2) is 24.4 Å². The van der Waals surface area contributed by atoms with E-state index in [1.807, 2.05) is 0 Å². The second-order valence-corrected chi connectivity index (χ2v) is 7.82. The summed E-state index contributed by atoms with van der Waals surface area (Å²) in [6.07, 6.45) is 7.31. The predicted octanol–water partition coefficient (Wildman–Crippen LogP) is 2.93. The first-order chi connectivity index (χ1) is 14.5. The molecule has 8 nitrogen and oxygen atoms in total. The number of aromatic nitrogens is 3. The monoisotopic (exact) mass is 418 g/mol. The fourth-order valence-electron chi connectivity index (χ4n) is 4.11. The minimum atomic E-state index is -0.699. The van der Waals surface area contributed by atoms with Crippen molar-refractivity contribution in [3.63, 3.8) is 0 Å². The maximum atomic E-state index is 13.8. The summed E-state index contributed by atoms with van der Waals surface area (Å²) in [7, 11) is 0. The topological polar surface area (TPSA) is 92.2 Å². The van der Waals surface area contributed by atoms with Crippen molar-refractivity contribution in [2.45, 2.75) is 57.2 Å². The number of hydrogen-bond donors (Lipinski definition) is 2. The molecule has 0 radical (unpaired) electrons. The van der Waals surface area contributed by atoms with E-state index in [9.17, 15) is 18.4 Å². The van der Waals surface area contributed by atoms with Gasteiger partial charge in [0.15, 0.2) is 5.69 Å². The Bertz CT molecular complexity index is 928. The normalized spacial score (nSPS) is 19.3. The minimum Gasteiger partial charge on any atom is -0.348 e. The van der Waals surface area contributed by atoms with Crippen LogP contribution in [0.5, 0.6) is 0 Å². The highest BCUT2D eigenvalue weighted by atomic mass is 19.1. The van der Waals surface area contributed by atoms with Crippen LogP contribution in [0.25, 0.3) is 0 Å². The quantitative estimate of drug-likeness (QED) is 0.781. The lowest BCUT2D eigenvalue weighted by Gasteiger charge is -2.25. The lowest BCUT2D eigenvalue weighted by molar-refractivity contribution is 0.0932. The van der Waals surface area contributed by atoms with Crippen LogP contribution in [0, 0.1) is 11.6 Å². The molecule has 4 rings (SSSR count). The van der Waals surface area contributed by atoms with Crippen LogP contribution in [0.3, 0.4) is 0 Å². The fourth-order valence-corrected chi connectivity index (χ4v) is 4.11. The van der Waals surface area contributed by atoms with Crippen molar-refractivity contribution >= 4 is 17.6 Å². The summed E-state index contributed by atoms with van der Waals surface area (Å²) in [6.45, 7) is 0.861. The summed E-state index contributed by atoms with van der Waals surface area (Å²) in [6, 6.07) is 2.43. The van der Waals surface area contributed by atoms with Gasteiger partial charge in [-0.1, -0.05) is 18.1 Å². The van der Waals surface area contributed by atoms with E-state index in [-0.39, 0.29) is 29.4 Å². The first-order valence-electron chi connectivity index (χ1n) is 10.2. The molecule has 2 aliphatic rings. The average Bonchev–Trinajstić information content (AvgIpc) is 3.47. The van der Waals surface area contributed by atoms with Crippen LogP contribution < -0.4 is 10.6 Å². The molecule has 30 heavy (non-hydrogen) atoms. The van der Waals surface area contributed by atoms with Gasteiger partial charge < -0.3 is 15.5 Å². The highest BCUT2D eigenvalue weighted by Crippen LogP contribution is 2.22. The molecule has 2 fully saturated rings. The van der Waals surface area contributed by atoms with Crippen molar-refractivity contribution in [3.05, 3.63) is 41.7 Å². The zero-order chi connectivity index (χ0) is 21.1. The van der Waals surface area contributed by atoms with E-state index in [0.29, 0.717) is 13.1 Å². The number of nitrogens with one attached hydrogen (secondary N) is 2. The lowest BCUT2D eigenvalue weighted by Crippen LogP contribution is -2.41. The van der Waals surface area contributed by atoms with Crippen LogP contribution in [0.1, 0.15) is 49.0 Å². The number of carbonyl (C=O) groups excluding carboxylic acids is 2. The molecule has 10 heteroatoms. The van der Waals surface area contributed by atoms with E-state index in [4.69, 9.17) is 0 Å². The molecule has 2 heterocycles. The minimum absolute atomic E-state index is 0.186. The van der Waals surface area contributed by atoms with Gasteiger partial charge in [0.05, 0.1) is 24.5 Å². The van der Waals surface area contributed by atoms with Gasteiger partial charge in [-0.3, -0.25) is 4.79 Å². The molecule has 1 atom stereocenters. The van der Waals surface area contributed by atoms with Gasteiger partial charge in [0.2, 0.25) is 0 Å². The molecule has 1 aliphatic carbocycles. The summed E-state index contributed by atoms with van der Waals surface area (Å²) in [5, 5.41) is 13.4. The smallest absolute Gasteiger partial charge is 0.322 e. The summed E-state index contributed by atoms with van der Waals surface area (Å²) in [4.78, 5) is 26.5. The molecule has 0 unspecified atom stereocenters. The third kappa shape index (κ3) is 4.58. The second-order valence-electron chi connectivity index (χ2n) is 7.82. The number of likely N-dealkylation sites (tertiary alicyclic amines) is 1. The number of rotatable bonds is 5. The molecule has 1 aliphatic heterocycles. The van der Waals surface area contributed by atoms with Crippen LogP contribution >= 0.6 is 0 Å². The molecule has 1 saturated carbocycles. The first-order valence-corrected chi connectivity index (χ1v) is 10.2.